The van der Waals surface area contributed by atoms with E-state index in [4.69, 9.17) is 4.74 Å². The molecule has 6 heteroatoms. The molecule has 2 aromatic rings. The van der Waals surface area contributed by atoms with Gasteiger partial charge in [0.05, 0.1) is 7.11 Å². The molecule has 122 valence electrons. The number of ether oxygens (including phenoxy) is 1. The minimum absolute atomic E-state index is 0.197. The number of aryl methyl sites for hydroxylation is 1. The van der Waals surface area contributed by atoms with Crippen LogP contribution in [0.3, 0.4) is 0 Å². The van der Waals surface area contributed by atoms with Gasteiger partial charge < -0.3 is 10.1 Å². The lowest BCUT2D eigenvalue weighted by atomic mass is 10.1. The number of rotatable bonds is 7. The van der Waals surface area contributed by atoms with Gasteiger partial charge in [-0.15, -0.1) is 0 Å². The average Bonchev–Trinajstić information content (AvgIpc) is 2.57. The summed E-state index contributed by atoms with van der Waals surface area (Å²) < 4.78 is 6.59. The third-order valence-corrected chi connectivity index (χ3v) is 3.41. The van der Waals surface area contributed by atoms with E-state index in [0.717, 1.165) is 17.7 Å². The Morgan fingerprint density at radius 3 is 2.78 bits per heavy atom. The first-order valence-electron chi connectivity index (χ1n) is 7.64. The van der Waals surface area contributed by atoms with Gasteiger partial charge in [0.1, 0.15) is 11.4 Å². The quantitative estimate of drug-likeness (QED) is 0.843. The summed E-state index contributed by atoms with van der Waals surface area (Å²) in [5.41, 5.74) is 1.08. The fourth-order valence-electron chi connectivity index (χ4n) is 2.25. The van der Waals surface area contributed by atoms with Gasteiger partial charge in [-0.05, 0) is 30.5 Å². The second kappa shape index (κ2) is 8.12. The number of nitrogens with one attached hydrogen (secondary N) is 1. The first kappa shape index (κ1) is 16.7. The number of aromatic nitrogens is 2. The van der Waals surface area contributed by atoms with Crippen LogP contribution in [0.4, 0.5) is 0 Å². The molecule has 0 spiro atoms. The molecule has 6 nitrogen and oxygen atoms in total. The molecule has 0 aliphatic carbocycles. The molecular formula is C17H21N3O3. The van der Waals surface area contributed by atoms with E-state index >= 15 is 0 Å². The van der Waals surface area contributed by atoms with Crippen LogP contribution in [-0.4, -0.2) is 29.3 Å². The van der Waals surface area contributed by atoms with Crippen molar-refractivity contribution in [2.45, 2.75) is 26.3 Å². The van der Waals surface area contributed by atoms with Crippen LogP contribution in [0, 0.1) is 0 Å². The van der Waals surface area contributed by atoms with Crippen molar-refractivity contribution >= 4 is 5.91 Å². The van der Waals surface area contributed by atoms with Crippen LogP contribution in [0.1, 0.15) is 29.4 Å². The predicted molar refractivity (Wildman–Crippen MR) is 87.8 cm³/mol. The van der Waals surface area contributed by atoms with E-state index in [1.54, 1.807) is 7.11 Å². The predicted octanol–water partition coefficient (Wildman–Crippen LogP) is 1.63. The zero-order chi connectivity index (χ0) is 16.7. The molecule has 0 saturated heterocycles. The lowest BCUT2D eigenvalue weighted by Crippen LogP contribution is -2.30. The molecule has 1 amide bonds. The molecule has 0 radical (unpaired) electrons. The second-order valence-electron chi connectivity index (χ2n) is 5.10. The number of carbonyl (C=O) groups excluding carboxylic acids is 1. The van der Waals surface area contributed by atoms with Crippen molar-refractivity contribution < 1.29 is 9.53 Å². The molecule has 0 aliphatic heterocycles. The monoisotopic (exact) mass is 315 g/mol. The van der Waals surface area contributed by atoms with Gasteiger partial charge in [-0.3, -0.25) is 9.59 Å². The van der Waals surface area contributed by atoms with Crippen LogP contribution in [0.25, 0.3) is 0 Å². The Morgan fingerprint density at radius 2 is 2.04 bits per heavy atom. The molecule has 0 atom stereocenters. The highest BCUT2D eigenvalue weighted by molar-refractivity contribution is 5.91. The van der Waals surface area contributed by atoms with Gasteiger partial charge in [0, 0.05) is 19.2 Å². The summed E-state index contributed by atoms with van der Waals surface area (Å²) >= 11 is 0. The van der Waals surface area contributed by atoms with E-state index in [2.05, 4.69) is 10.4 Å². The van der Waals surface area contributed by atoms with E-state index in [0.29, 0.717) is 19.5 Å². The van der Waals surface area contributed by atoms with Crippen molar-refractivity contribution in [1.82, 2.24) is 15.1 Å². The summed E-state index contributed by atoms with van der Waals surface area (Å²) in [6.07, 6.45) is 1.44. The van der Waals surface area contributed by atoms with Gasteiger partial charge in [-0.25, -0.2) is 4.68 Å². The highest BCUT2D eigenvalue weighted by atomic mass is 16.5. The van der Waals surface area contributed by atoms with Crippen LogP contribution in [0.5, 0.6) is 5.75 Å². The summed E-state index contributed by atoms with van der Waals surface area (Å²) in [5.74, 6) is 0.515. The highest BCUT2D eigenvalue weighted by Crippen LogP contribution is 2.17. The molecule has 0 aliphatic rings. The Hall–Kier alpha value is -2.63. The highest BCUT2D eigenvalue weighted by Gasteiger charge is 2.09. The van der Waals surface area contributed by atoms with Crippen molar-refractivity contribution in [2.24, 2.45) is 0 Å². The van der Waals surface area contributed by atoms with E-state index in [-0.39, 0.29) is 17.2 Å². The van der Waals surface area contributed by atoms with E-state index in [9.17, 15) is 9.59 Å². The third-order valence-electron chi connectivity index (χ3n) is 3.41. The molecule has 0 unspecified atom stereocenters. The van der Waals surface area contributed by atoms with Gasteiger partial charge in [-0.1, -0.05) is 25.1 Å². The minimum atomic E-state index is -0.287. The van der Waals surface area contributed by atoms with Gasteiger partial charge >= 0.3 is 0 Å². The number of methoxy groups -OCH3 is 1. The lowest BCUT2D eigenvalue weighted by Gasteiger charge is -2.09. The van der Waals surface area contributed by atoms with Crippen molar-refractivity contribution in [1.29, 1.82) is 0 Å². The van der Waals surface area contributed by atoms with Crippen LogP contribution < -0.4 is 15.6 Å². The Morgan fingerprint density at radius 1 is 1.26 bits per heavy atom. The van der Waals surface area contributed by atoms with E-state index in [1.807, 2.05) is 31.2 Å². The van der Waals surface area contributed by atoms with Crippen molar-refractivity contribution in [3.8, 4) is 5.75 Å². The summed E-state index contributed by atoms with van der Waals surface area (Å²) in [6, 6.07) is 10.5. The summed E-state index contributed by atoms with van der Waals surface area (Å²) in [7, 11) is 1.62. The molecule has 1 N–H and O–H groups in total. The maximum atomic E-state index is 12.1. The van der Waals surface area contributed by atoms with Gasteiger partial charge in [0.2, 0.25) is 0 Å². The van der Waals surface area contributed by atoms with Crippen molar-refractivity contribution in [2.75, 3.05) is 13.7 Å². The van der Waals surface area contributed by atoms with Gasteiger partial charge in [0.25, 0.3) is 11.5 Å². The summed E-state index contributed by atoms with van der Waals surface area (Å²) in [6.45, 7) is 2.92. The number of para-hydroxylation sites is 1. The largest absolute Gasteiger partial charge is 0.496 e. The number of amides is 1. The maximum Gasteiger partial charge on any atom is 0.271 e. The molecule has 1 aromatic carbocycles. The molecule has 1 heterocycles. The Kier molecular flexibility index (Phi) is 5.91. The number of carbonyl (C=O) groups is 1. The molecule has 2 rings (SSSR count). The van der Waals surface area contributed by atoms with Crippen molar-refractivity contribution in [3.05, 3.63) is 58.0 Å². The lowest BCUT2D eigenvalue weighted by molar-refractivity contribution is 0.0946. The van der Waals surface area contributed by atoms with E-state index < -0.39 is 0 Å². The maximum absolute atomic E-state index is 12.1. The van der Waals surface area contributed by atoms with Gasteiger partial charge in [0.15, 0.2) is 0 Å². The number of benzene rings is 1. The molecule has 1 aromatic heterocycles. The number of hydrogen-bond acceptors (Lipinski definition) is 4. The molecule has 0 fully saturated rings. The smallest absolute Gasteiger partial charge is 0.271 e. The molecular weight excluding hydrogens is 294 g/mol. The Labute approximate surface area is 135 Å². The normalized spacial score (nSPS) is 10.3. The molecule has 0 saturated carbocycles. The first-order chi connectivity index (χ1) is 11.2. The Balaban J connectivity index is 1.97. The number of nitrogens with zero attached hydrogens (tertiary/aromatic N) is 2. The third kappa shape index (κ3) is 4.42. The SMILES string of the molecule is CCCn1nc(C(=O)NCCc2ccccc2OC)ccc1=O. The molecule has 0 bridgehead atoms. The fraction of sp³-hybridized carbons (Fsp3) is 0.353. The van der Waals surface area contributed by atoms with E-state index in [1.165, 1.54) is 16.8 Å². The van der Waals surface area contributed by atoms with Crippen LogP contribution in [0.15, 0.2) is 41.2 Å². The molecule has 23 heavy (non-hydrogen) atoms. The van der Waals surface area contributed by atoms with Crippen LogP contribution in [-0.2, 0) is 13.0 Å². The topological polar surface area (TPSA) is 73.2 Å². The standard InChI is InChI=1S/C17H21N3O3/c1-3-12-20-16(21)9-8-14(19-20)17(22)18-11-10-13-6-4-5-7-15(13)23-2/h4-9H,3,10-12H2,1-2H3,(H,18,22). The van der Waals surface area contributed by atoms with Crippen LogP contribution in [0.2, 0.25) is 0 Å². The summed E-state index contributed by atoms with van der Waals surface area (Å²) in [5, 5.41) is 6.90. The first-order valence-corrected chi connectivity index (χ1v) is 7.64. The second-order valence-corrected chi connectivity index (χ2v) is 5.10. The summed E-state index contributed by atoms with van der Waals surface area (Å²) in [4.78, 5) is 23.7. The fourth-order valence-corrected chi connectivity index (χ4v) is 2.25. The average molecular weight is 315 g/mol. The minimum Gasteiger partial charge on any atom is -0.496 e. The zero-order valence-corrected chi connectivity index (χ0v) is 13.4. The number of hydrogen-bond donors (Lipinski definition) is 1. The Bertz CT molecular complexity index is 725. The van der Waals surface area contributed by atoms with Gasteiger partial charge in [-0.2, -0.15) is 5.10 Å². The van der Waals surface area contributed by atoms with Crippen LogP contribution >= 0.6 is 0 Å². The van der Waals surface area contributed by atoms with Crippen molar-refractivity contribution in [3.63, 3.8) is 0 Å². The zero-order valence-electron chi connectivity index (χ0n) is 13.4.